The first-order chi connectivity index (χ1) is 15.1. The molecule has 1 aromatic carbocycles. The standard InChI is InChI=1S/C26H43N3O4/c1-11-12-15-27-22(30)21(20-16-17(2)13-14-18(20)3)29(25(5,6)7)23(31)19(4)28-24(32)33-26(8,9)10/h13-14,16,19,21H,11-12,15H2,1-10H3,(H,27,30)(H,28,32). The molecule has 0 spiro atoms. The van der Waals surface area contributed by atoms with Crippen molar-refractivity contribution in [1.29, 1.82) is 0 Å². The van der Waals surface area contributed by atoms with E-state index < -0.39 is 29.3 Å². The normalized spacial score (nSPS) is 13.6. The number of nitrogens with one attached hydrogen (secondary N) is 2. The van der Waals surface area contributed by atoms with Crippen molar-refractivity contribution in [3.05, 3.63) is 34.9 Å². The van der Waals surface area contributed by atoms with Gasteiger partial charge in [0.1, 0.15) is 17.7 Å². The molecule has 0 saturated heterocycles. The first-order valence-corrected chi connectivity index (χ1v) is 11.8. The first-order valence-electron chi connectivity index (χ1n) is 11.8. The zero-order valence-corrected chi connectivity index (χ0v) is 22.1. The van der Waals surface area contributed by atoms with E-state index >= 15 is 0 Å². The van der Waals surface area contributed by atoms with Gasteiger partial charge in [0.25, 0.3) is 0 Å². The van der Waals surface area contributed by atoms with Gasteiger partial charge in [-0.2, -0.15) is 0 Å². The summed E-state index contributed by atoms with van der Waals surface area (Å²) in [4.78, 5) is 41.1. The van der Waals surface area contributed by atoms with Gasteiger partial charge in [0.2, 0.25) is 11.8 Å². The van der Waals surface area contributed by atoms with E-state index in [0.29, 0.717) is 6.54 Å². The molecule has 0 bridgehead atoms. The molecule has 0 heterocycles. The van der Waals surface area contributed by atoms with Crippen molar-refractivity contribution in [3.8, 4) is 0 Å². The molecule has 0 aliphatic carbocycles. The number of unbranched alkanes of at least 4 members (excludes halogenated alkanes) is 1. The lowest BCUT2D eigenvalue weighted by atomic mass is 9.92. The number of hydrogen-bond acceptors (Lipinski definition) is 4. The van der Waals surface area contributed by atoms with Crippen LogP contribution < -0.4 is 10.6 Å². The molecule has 0 aromatic heterocycles. The Morgan fingerprint density at radius 2 is 1.67 bits per heavy atom. The summed E-state index contributed by atoms with van der Waals surface area (Å²) in [7, 11) is 0. The van der Waals surface area contributed by atoms with Crippen LogP contribution in [0.2, 0.25) is 0 Å². The molecule has 0 radical (unpaired) electrons. The van der Waals surface area contributed by atoms with Gasteiger partial charge in [-0.15, -0.1) is 0 Å². The predicted octanol–water partition coefficient (Wildman–Crippen LogP) is 4.80. The molecule has 1 rings (SSSR count). The van der Waals surface area contributed by atoms with E-state index in [9.17, 15) is 14.4 Å². The maximum atomic E-state index is 13.7. The fourth-order valence-corrected chi connectivity index (χ4v) is 3.54. The van der Waals surface area contributed by atoms with Crippen molar-refractivity contribution < 1.29 is 19.1 Å². The van der Waals surface area contributed by atoms with E-state index in [0.717, 1.165) is 29.5 Å². The summed E-state index contributed by atoms with van der Waals surface area (Å²) >= 11 is 0. The molecule has 0 fully saturated rings. The van der Waals surface area contributed by atoms with Gasteiger partial charge in [-0.1, -0.05) is 37.1 Å². The van der Waals surface area contributed by atoms with Crippen molar-refractivity contribution in [2.24, 2.45) is 0 Å². The third kappa shape index (κ3) is 8.71. The molecule has 186 valence electrons. The Morgan fingerprint density at radius 1 is 1.06 bits per heavy atom. The summed E-state index contributed by atoms with van der Waals surface area (Å²) < 4.78 is 5.32. The molecule has 2 atom stereocenters. The molecule has 7 heteroatoms. The zero-order valence-electron chi connectivity index (χ0n) is 22.1. The van der Waals surface area contributed by atoms with Crippen LogP contribution in [0.4, 0.5) is 4.79 Å². The highest BCUT2D eigenvalue weighted by molar-refractivity contribution is 5.92. The average molecular weight is 462 g/mol. The maximum absolute atomic E-state index is 13.7. The highest BCUT2D eigenvalue weighted by atomic mass is 16.6. The van der Waals surface area contributed by atoms with Gasteiger partial charge in [-0.25, -0.2) is 4.79 Å². The van der Waals surface area contributed by atoms with Crippen LogP contribution in [0.1, 0.15) is 91.0 Å². The van der Waals surface area contributed by atoms with Gasteiger partial charge in [-0.3, -0.25) is 9.59 Å². The fraction of sp³-hybridized carbons (Fsp3) is 0.654. The van der Waals surface area contributed by atoms with Gasteiger partial charge >= 0.3 is 6.09 Å². The number of ether oxygens (including phenoxy) is 1. The van der Waals surface area contributed by atoms with E-state index in [1.165, 1.54) is 0 Å². The smallest absolute Gasteiger partial charge is 0.408 e. The Labute approximate surface area is 199 Å². The lowest BCUT2D eigenvalue weighted by Gasteiger charge is -2.43. The van der Waals surface area contributed by atoms with Crippen LogP contribution in [0.15, 0.2) is 18.2 Å². The van der Waals surface area contributed by atoms with Crippen LogP contribution in [0.5, 0.6) is 0 Å². The van der Waals surface area contributed by atoms with Gasteiger partial charge in [0, 0.05) is 12.1 Å². The molecule has 3 amide bonds. The van der Waals surface area contributed by atoms with Crippen LogP contribution >= 0.6 is 0 Å². The van der Waals surface area contributed by atoms with Gasteiger partial charge in [0.15, 0.2) is 0 Å². The molecule has 2 unspecified atom stereocenters. The van der Waals surface area contributed by atoms with Crippen molar-refractivity contribution in [1.82, 2.24) is 15.5 Å². The van der Waals surface area contributed by atoms with Crippen molar-refractivity contribution in [2.45, 2.75) is 105 Å². The van der Waals surface area contributed by atoms with Gasteiger partial charge in [-0.05, 0) is 79.9 Å². The number of alkyl carbamates (subject to hydrolysis) is 1. The fourth-order valence-electron chi connectivity index (χ4n) is 3.54. The Kier molecular flexibility index (Phi) is 9.94. The van der Waals surface area contributed by atoms with Crippen molar-refractivity contribution in [3.63, 3.8) is 0 Å². The minimum absolute atomic E-state index is 0.232. The summed E-state index contributed by atoms with van der Waals surface area (Å²) in [5.41, 5.74) is 1.33. The SMILES string of the molecule is CCCCNC(=O)C(c1cc(C)ccc1C)N(C(=O)C(C)NC(=O)OC(C)(C)C)C(C)(C)C. The highest BCUT2D eigenvalue weighted by Gasteiger charge is 2.41. The summed E-state index contributed by atoms with van der Waals surface area (Å²) in [6.07, 6.45) is 1.13. The molecule has 0 aliphatic heterocycles. The van der Waals surface area contributed by atoms with Crippen molar-refractivity contribution >= 4 is 17.9 Å². The summed E-state index contributed by atoms with van der Waals surface area (Å²) in [6, 6.07) is 4.19. The first kappa shape index (κ1) is 28.5. The van der Waals surface area contributed by atoms with Crippen LogP contribution in [-0.4, -0.2) is 46.5 Å². The molecule has 0 aliphatic rings. The molecular formula is C26H43N3O4. The van der Waals surface area contributed by atoms with E-state index in [-0.39, 0.29) is 11.8 Å². The average Bonchev–Trinajstić information content (AvgIpc) is 2.65. The number of carbonyl (C=O) groups excluding carboxylic acids is 3. The molecule has 33 heavy (non-hydrogen) atoms. The maximum Gasteiger partial charge on any atom is 0.408 e. The number of carbonyl (C=O) groups is 3. The monoisotopic (exact) mass is 461 g/mol. The highest BCUT2D eigenvalue weighted by Crippen LogP contribution is 2.32. The Morgan fingerprint density at radius 3 is 2.18 bits per heavy atom. The number of amides is 3. The number of rotatable bonds is 8. The van der Waals surface area contributed by atoms with E-state index in [1.54, 1.807) is 32.6 Å². The summed E-state index contributed by atoms with van der Waals surface area (Å²) in [6.45, 7) is 19.1. The number of benzene rings is 1. The molecule has 0 saturated carbocycles. The number of nitrogens with zero attached hydrogens (tertiary/aromatic N) is 1. The number of aryl methyl sites for hydroxylation is 2. The van der Waals surface area contributed by atoms with E-state index in [2.05, 4.69) is 17.6 Å². The van der Waals surface area contributed by atoms with E-state index in [4.69, 9.17) is 4.74 Å². The molecular weight excluding hydrogens is 418 g/mol. The van der Waals surface area contributed by atoms with Crippen LogP contribution in [0, 0.1) is 13.8 Å². The second-order valence-corrected chi connectivity index (χ2v) is 10.7. The Bertz CT molecular complexity index is 837. The summed E-state index contributed by atoms with van der Waals surface area (Å²) in [5.74, 6) is -0.588. The molecule has 7 nitrogen and oxygen atoms in total. The Balaban J connectivity index is 3.42. The van der Waals surface area contributed by atoms with Crippen LogP contribution in [-0.2, 0) is 14.3 Å². The minimum atomic E-state index is -0.880. The quantitative estimate of drug-likeness (QED) is 0.544. The van der Waals surface area contributed by atoms with Crippen LogP contribution in [0.3, 0.4) is 0 Å². The lowest BCUT2D eigenvalue weighted by molar-refractivity contribution is -0.148. The molecule has 2 N–H and O–H groups in total. The zero-order chi connectivity index (χ0) is 25.6. The third-order valence-corrected chi connectivity index (χ3v) is 5.13. The number of hydrogen-bond donors (Lipinski definition) is 2. The second kappa shape index (κ2) is 11.5. The molecule has 1 aromatic rings. The topological polar surface area (TPSA) is 87.7 Å². The predicted molar refractivity (Wildman–Crippen MR) is 132 cm³/mol. The lowest BCUT2D eigenvalue weighted by Crippen LogP contribution is -2.58. The third-order valence-electron chi connectivity index (χ3n) is 5.13. The van der Waals surface area contributed by atoms with Crippen LogP contribution in [0.25, 0.3) is 0 Å². The summed E-state index contributed by atoms with van der Waals surface area (Å²) in [5, 5.41) is 5.63. The minimum Gasteiger partial charge on any atom is -0.444 e. The second-order valence-electron chi connectivity index (χ2n) is 10.7. The van der Waals surface area contributed by atoms with Gasteiger partial charge < -0.3 is 20.3 Å². The van der Waals surface area contributed by atoms with Gasteiger partial charge in [0.05, 0.1) is 0 Å². The Hall–Kier alpha value is -2.57. The largest absolute Gasteiger partial charge is 0.444 e. The van der Waals surface area contributed by atoms with E-state index in [1.807, 2.05) is 52.8 Å². The van der Waals surface area contributed by atoms with Crippen molar-refractivity contribution in [2.75, 3.05) is 6.54 Å².